The summed E-state index contributed by atoms with van der Waals surface area (Å²) in [6.45, 7) is 3.79. The Balaban J connectivity index is 2.81. The van der Waals surface area contributed by atoms with Crippen LogP contribution in [0.2, 0.25) is 0 Å². The van der Waals surface area contributed by atoms with Crippen molar-refractivity contribution in [2.75, 3.05) is 5.73 Å². The smallest absolute Gasteiger partial charge is 0.222 e. The largest absolute Gasteiger partial charge is 0.368 e. The molecule has 2 heterocycles. The fraction of sp³-hybridized carbons (Fsp3) is 0.250. The molecule has 2 aromatic rings. The predicted molar refractivity (Wildman–Crippen MR) is 49.0 cm³/mol. The molecular formula is C8H9N5. The van der Waals surface area contributed by atoms with Crippen molar-refractivity contribution >= 4 is 17.1 Å². The second kappa shape index (κ2) is 2.62. The van der Waals surface area contributed by atoms with E-state index in [2.05, 4.69) is 19.9 Å². The van der Waals surface area contributed by atoms with Crippen LogP contribution in [0.5, 0.6) is 0 Å². The lowest BCUT2D eigenvalue weighted by molar-refractivity contribution is 1.06. The van der Waals surface area contributed by atoms with Gasteiger partial charge in [0.2, 0.25) is 5.95 Å². The van der Waals surface area contributed by atoms with Crippen molar-refractivity contribution in [3.05, 3.63) is 17.6 Å². The van der Waals surface area contributed by atoms with Gasteiger partial charge in [0.05, 0.1) is 17.6 Å². The Morgan fingerprint density at radius 1 is 1.08 bits per heavy atom. The molecule has 5 nitrogen and oxygen atoms in total. The first-order chi connectivity index (χ1) is 6.16. The van der Waals surface area contributed by atoms with Crippen LogP contribution in [0.1, 0.15) is 11.4 Å². The van der Waals surface area contributed by atoms with Crippen LogP contribution in [0.15, 0.2) is 6.20 Å². The minimum absolute atomic E-state index is 0.227. The predicted octanol–water partition coefficient (Wildman–Crippen LogP) is 0.619. The molecule has 0 amide bonds. The number of aromatic nitrogens is 4. The number of hydrogen-bond acceptors (Lipinski definition) is 5. The van der Waals surface area contributed by atoms with Gasteiger partial charge in [0.1, 0.15) is 5.52 Å². The van der Waals surface area contributed by atoms with Crippen molar-refractivity contribution in [3.8, 4) is 0 Å². The van der Waals surface area contributed by atoms with Gasteiger partial charge in [-0.15, -0.1) is 0 Å². The molecule has 0 saturated carbocycles. The number of fused-ring (bicyclic) bond motifs is 1. The van der Waals surface area contributed by atoms with E-state index < -0.39 is 0 Å². The van der Waals surface area contributed by atoms with E-state index >= 15 is 0 Å². The molecular weight excluding hydrogens is 166 g/mol. The number of anilines is 1. The molecule has 0 aliphatic carbocycles. The first kappa shape index (κ1) is 7.85. The van der Waals surface area contributed by atoms with Gasteiger partial charge >= 0.3 is 0 Å². The van der Waals surface area contributed by atoms with Gasteiger partial charge in [-0.05, 0) is 13.8 Å². The first-order valence-corrected chi connectivity index (χ1v) is 3.90. The number of aryl methyl sites for hydroxylation is 2. The summed E-state index contributed by atoms with van der Waals surface area (Å²) in [5.41, 5.74) is 8.41. The van der Waals surface area contributed by atoms with Gasteiger partial charge in [-0.25, -0.2) is 15.0 Å². The molecule has 2 rings (SSSR count). The minimum atomic E-state index is 0.227. The lowest BCUT2D eigenvalue weighted by Gasteiger charge is -2.00. The summed E-state index contributed by atoms with van der Waals surface area (Å²) in [7, 11) is 0. The second-order valence-electron chi connectivity index (χ2n) is 2.83. The topological polar surface area (TPSA) is 77.6 Å². The highest BCUT2D eigenvalue weighted by Crippen LogP contribution is 2.09. The molecule has 2 aromatic heterocycles. The van der Waals surface area contributed by atoms with Gasteiger partial charge in [0.25, 0.3) is 0 Å². The molecule has 13 heavy (non-hydrogen) atoms. The highest BCUT2D eigenvalue weighted by atomic mass is 15.0. The van der Waals surface area contributed by atoms with E-state index in [0.717, 1.165) is 11.4 Å². The molecule has 0 unspecified atom stereocenters. The number of nitrogen functional groups attached to an aromatic ring is 1. The van der Waals surface area contributed by atoms with Crippen molar-refractivity contribution in [1.29, 1.82) is 0 Å². The van der Waals surface area contributed by atoms with E-state index in [0.29, 0.717) is 11.2 Å². The summed E-state index contributed by atoms with van der Waals surface area (Å²) in [5, 5.41) is 0. The quantitative estimate of drug-likeness (QED) is 0.635. The maximum absolute atomic E-state index is 5.42. The van der Waals surface area contributed by atoms with Gasteiger partial charge in [-0.3, -0.25) is 0 Å². The van der Waals surface area contributed by atoms with Crippen LogP contribution >= 0.6 is 0 Å². The van der Waals surface area contributed by atoms with Gasteiger partial charge in [-0.1, -0.05) is 0 Å². The van der Waals surface area contributed by atoms with Gasteiger partial charge in [0.15, 0.2) is 5.65 Å². The Bertz CT molecular complexity index is 465. The fourth-order valence-corrected chi connectivity index (χ4v) is 1.04. The lowest BCUT2D eigenvalue weighted by Crippen LogP contribution is -1.99. The molecule has 0 aliphatic heterocycles. The van der Waals surface area contributed by atoms with Crippen molar-refractivity contribution in [1.82, 2.24) is 19.9 Å². The monoisotopic (exact) mass is 175 g/mol. The van der Waals surface area contributed by atoms with Crippen LogP contribution in [-0.4, -0.2) is 19.9 Å². The van der Waals surface area contributed by atoms with E-state index in [9.17, 15) is 0 Å². The third kappa shape index (κ3) is 1.28. The number of hydrogen-bond donors (Lipinski definition) is 1. The van der Waals surface area contributed by atoms with E-state index in [4.69, 9.17) is 5.73 Å². The average Bonchev–Trinajstić information content (AvgIpc) is 2.08. The van der Waals surface area contributed by atoms with Crippen LogP contribution < -0.4 is 5.73 Å². The molecule has 0 bridgehead atoms. The second-order valence-corrected chi connectivity index (χ2v) is 2.83. The molecule has 5 heteroatoms. The fourth-order valence-electron chi connectivity index (χ4n) is 1.04. The summed E-state index contributed by atoms with van der Waals surface area (Å²) in [5.74, 6) is 0.227. The average molecular weight is 175 g/mol. The van der Waals surface area contributed by atoms with Crippen LogP contribution in [0.3, 0.4) is 0 Å². The molecule has 0 saturated heterocycles. The zero-order chi connectivity index (χ0) is 9.42. The highest BCUT2D eigenvalue weighted by molar-refractivity contribution is 5.69. The highest BCUT2D eigenvalue weighted by Gasteiger charge is 2.02. The van der Waals surface area contributed by atoms with Gasteiger partial charge in [-0.2, -0.15) is 4.98 Å². The Kier molecular flexibility index (Phi) is 1.58. The van der Waals surface area contributed by atoms with E-state index in [1.54, 1.807) is 6.20 Å². The van der Waals surface area contributed by atoms with Crippen LogP contribution in [0.4, 0.5) is 5.95 Å². The Morgan fingerprint density at radius 2 is 1.77 bits per heavy atom. The molecule has 0 fully saturated rings. The third-order valence-electron chi connectivity index (χ3n) is 1.85. The summed E-state index contributed by atoms with van der Waals surface area (Å²) in [6.07, 6.45) is 1.58. The zero-order valence-corrected chi connectivity index (χ0v) is 7.44. The van der Waals surface area contributed by atoms with Crippen molar-refractivity contribution in [2.45, 2.75) is 13.8 Å². The van der Waals surface area contributed by atoms with Gasteiger partial charge in [0, 0.05) is 0 Å². The molecule has 0 radical (unpaired) electrons. The summed E-state index contributed by atoms with van der Waals surface area (Å²) >= 11 is 0. The van der Waals surface area contributed by atoms with Crippen molar-refractivity contribution in [2.24, 2.45) is 0 Å². The molecule has 0 spiro atoms. The first-order valence-electron chi connectivity index (χ1n) is 3.90. The summed E-state index contributed by atoms with van der Waals surface area (Å²) in [6, 6.07) is 0. The molecule has 0 aliphatic rings. The Morgan fingerprint density at radius 3 is 2.54 bits per heavy atom. The third-order valence-corrected chi connectivity index (χ3v) is 1.85. The Labute approximate surface area is 75.1 Å². The number of nitrogens with two attached hydrogens (primary N) is 1. The number of nitrogens with zero attached hydrogens (tertiary/aromatic N) is 4. The maximum atomic E-state index is 5.42. The molecule has 0 aromatic carbocycles. The standard InChI is InChI=1S/C8H9N5/c1-4-5(2)12-7-6(11-4)3-10-8(9)13-7/h3H,1-2H3,(H2,9,10,12,13). The molecule has 0 atom stereocenters. The van der Waals surface area contributed by atoms with Gasteiger partial charge < -0.3 is 5.73 Å². The summed E-state index contributed by atoms with van der Waals surface area (Å²) < 4.78 is 0. The van der Waals surface area contributed by atoms with Crippen molar-refractivity contribution < 1.29 is 0 Å². The SMILES string of the molecule is Cc1nc2cnc(N)nc2nc1C. The van der Waals surface area contributed by atoms with E-state index in [-0.39, 0.29) is 5.95 Å². The van der Waals surface area contributed by atoms with Crippen LogP contribution in [0, 0.1) is 13.8 Å². The Hall–Kier alpha value is -1.78. The van der Waals surface area contributed by atoms with Crippen LogP contribution in [-0.2, 0) is 0 Å². The molecule has 66 valence electrons. The van der Waals surface area contributed by atoms with E-state index in [1.165, 1.54) is 0 Å². The number of rotatable bonds is 0. The maximum Gasteiger partial charge on any atom is 0.222 e. The lowest BCUT2D eigenvalue weighted by atomic mass is 10.3. The zero-order valence-electron chi connectivity index (χ0n) is 7.44. The minimum Gasteiger partial charge on any atom is -0.368 e. The molecule has 2 N–H and O–H groups in total. The normalized spacial score (nSPS) is 10.6. The summed E-state index contributed by atoms with van der Waals surface area (Å²) in [4.78, 5) is 16.3. The van der Waals surface area contributed by atoms with Crippen molar-refractivity contribution in [3.63, 3.8) is 0 Å². The van der Waals surface area contributed by atoms with E-state index in [1.807, 2.05) is 13.8 Å². The van der Waals surface area contributed by atoms with Crippen LogP contribution in [0.25, 0.3) is 11.2 Å².